The zero-order valence-corrected chi connectivity index (χ0v) is 17.4. The van der Waals surface area contributed by atoms with Crippen LogP contribution in [0.2, 0.25) is 0 Å². The summed E-state index contributed by atoms with van der Waals surface area (Å²) >= 11 is 0. The lowest BCUT2D eigenvalue weighted by Crippen LogP contribution is -2.31. The zero-order valence-electron chi connectivity index (χ0n) is 17.4. The van der Waals surface area contributed by atoms with Gasteiger partial charge in [0, 0.05) is 23.5 Å². The van der Waals surface area contributed by atoms with Gasteiger partial charge in [0.05, 0.1) is 27.6 Å². The van der Waals surface area contributed by atoms with Crippen molar-refractivity contribution in [3.8, 4) is 0 Å². The lowest BCUT2D eigenvalue weighted by atomic mass is 9.94. The molecule has 1 aliphatic rings. The minimum Gasteiger partial charge on any atom is -0.329 e. The van der Waals surface area contributed by atoms with E-state index in [1.165, 1.54) is 36.4 Å². The molecule has 1 aliphatic heterocycles. The molecule has 0 saturated heterocycles. The number of fused-ring (bicyclic) bond motifs is 3. The smallest absolute Gasteiger partial charge is 0.269 e. The summed E-state index contributed by atoms with van der Waals surface area (Å²) in [6, 6.07) is 18.5. The Morgan fingerprint density at radius 2 is 1.88 bits per heavy atom. The van der Waals surface area contributed by atoms with Crippen molar-refractivity contribution in [1.29, 1.82) is 0 Å². The van der Waals surface area contributed by atoms with Crippen molar-refractivity contribution >= 4 is 34.3 Å². The number of carbonyl (C=O) groups is 1. The fourth-order valence-corrected chi connectivity index (χ4v) is 4.11. The van der Waals surface area contributed by atoms with Crippen LogP contribution in [0.25, 0.3) is 11.0 Å². The van der Waals surface area contributed by atoms with Crippen LogP contribution in [0, 0.1) is 15.9 Å². The van der Waals surface area contributed by atoms with Crippen molar-refractivity contribution in [3.05, 3.63) is 106 Å². The number of amides is 1. The standard InChI is InChI=1S/C24H18FN5O3/c1-14-21(23(31)27-17-11-9-16(25)10-12-17)22(15-5-4-6-18(13-15)30(32)33)29-20-8-3-2-7-19(20)28-24(29)26-14/h2-13,22H,1H3,(H,26,28)(H,27,31)/t22-/m1/s1. The quantitative estimate of drug-likeness (QED) is 0.341. The molecule has 1 atom stereocenters. The zero-order chi connectivity index (χ0) is 23.1. The van der Waals surface area contributed by atoms with Gasteiger partial charge in [0.2, 0.25) is 5.95 Å². The summed E-state index contributed by atoms with van der Waals surface area (Å²) in [6.07, 6.45) is 0. The first kappa shape index (κ1) is 20.4. The number of hydrogen-bond donors (Lipinski definition) is 2. The number of anilines is 2. The second kappa shape index (κ2) is 7.86. The minimum atomic E-state index is -0.672. The van der Waals surface area contributed by atoms with Crippen LogP contribution in [0.1, 0.15) is 18.5 Å². The van der Waals surface area contributed by atoms with E-state index in [4.69, 9.17) is 0 Å². The van der Waals surface area contributed by atoms with E-state index >= 15 is 0 Å². The van der Waals surface area contributed by atoms with Crippen molar-refractivity contribution in [3.63, 3.8) is 0 Å². The molecule has 1 aromatic heterocycles. The molecule has 0 aliphatic carbocycles. The molecule has 2 N–H and O–H groups in total. The predicted octanol–water partition coefficient (Wildman–Crippen LogP) is 5.01. The average molecular weight is 443 g/mol. The Balaban J connectivity index is 1.68. The highest BCUT2D eigenvalue weighted by Crippen LogP contribution is 2.40. The van der Waals surface area contributed by atoms with Gasteiger partial charge in [0.1, 0.15) is 5.82 Å². The van der Waals surface area contributed by atoms with E-state index in [9.17, 15) is 19.3 Å². The number of nitrogens with one attached hydrogen (secondary N) is 2. The SMILES string of the molecule is CC1=C(C(=O)Nc2ccc(F)cc2)[C@@H](c2cccc([N+](=O)[O-])c2)n2c(nc3ccccc32)N1. The van der Waals surface area contributed by atoms with E-state index in [1.54, 1.807) is 19.1 Å². The molecule has 1 amide bonds. The fourth-order valence-electron chi connectivity index (χ4n) is 4.11. The highest BCUT2D eigenvalue weighted by Gasteiger charge is 2.34. The van der Waals surface area contributed by atoms with Crippen LogP contribution in [-0.4, -0.2) is 20.4 Å². The fraction of sp³-hybridized carbons (Fsp3) is 0.0833. The number of allylic oxidation sites excluding steroid dienone is 1. The highest BCUT2D eigenvalue weighted by atomic mass is 19.1. The third kappa shape index (κ3) is 3.59. The van der Waals surface area contributed by atoms with Crippen LogP contribution in [0.4, 0.5) is 21.7 Å². The molecule has 0 spiro atoms. The van der Waals surface area contributed by atoms with E-state index < -0.39 is 22.7 Å². The van der Waals surface area contributed by atoms with E-state index in [0.29, 0.717) is 28.5 Å². The van der Waals surface area contributed by atoms with Crippen LogP contribution >= 0.6 is 0 Å². The van der Waals surface area contributed by atoms with Crippen molar-refractivity contribution in [2.45, 2.75) is 13.0 Å². The molecule has 33 heavy (non-hydrogen) atoms. The Morgan fingerprint density at radius 3 is 2.64 bits per heavy atom. The van der Waals surface area contributed by atoms with Crippen LogP contribution < -0.4 is 10.6 Å². The molecule has 0 radical (unpaired) electrons. The van der Waals surface area contributed by atoms with Gasteiger partial charge in [-0.05, 0) is 48.9 Å². The number of halogens is 1. The van der Waals surface area contributed by atoms with E-state index in [1.807, 2.05) is 28.8 Å². The topological polar surface area (TPSA) is 102 Å². The molecule has 9 heteroatoms. The summed E-state index contributed by atoms with van der Waals surface area (Å²) in [5, 5.41) is 17.4. The molecular formula is C24H18FN5O3. The van der Waals surface area contributed by atoms with Crippen LogP contribution in [0.3, 0.4) is 0 Å². The molecule has 2 heterocycles. The second-order valence-corrected chi connectivity index (χ2v) is 7.67. The molecule has 0 fully saturated rings. The van der Waals surface area contributed by atoms with E-state index in [-0.39, 0.29) is 5.69 Å². The number of nitro groups is 1. The first-order chi connectivity index (χ1) is 15.9. The molecule has 3 aromatic carbocycles. The van der Waals surface area contributed by atoms with Gasteiger partial charge in [-0.2, -0.15) is 0 Å². The lowest BCUT2D eigenvalue weighted by Gasteiger charge is -2.30. The number of imidazole rings is 1. The van der Waals surface area contributed by atoms with E-state index in [0.717, 1.165) is 11.0 Å². The molecule has 0 unspecified atom stereocenters. The number of para-hydroxylation sites is 2. The van der Waals surface area contributed by atoms with Gasteiger partial charge in [0.15, 0.2) is 0 Å². The average Bonchev–Trinajstić information content (AvgIpc) is 3.17. The number of rotatable bonds is 4. The van der Waals surface area contributed by atoms with Gasteiger partial charge >= 0.3 is 0 Å². The summed E-state index contributed by atoms with van der Waals surface area (Å²) in [7, 11) is 0. The third-order valence-electron chi connectivity index (χ3n) is 5.57. The molecular weight excluding hydrogens is 425 g/mol. The van der Waals surface area contributed by atoms with Crippen molar-refractivity contribution in [2.24, 2.45) is 0 Å². The second-order valence-electron chi connectivity index (χ2n) is 7.67. The summed E-state index contributed by atoms with van der Waals surface area (Å²) in [5.74, 6) is -0.290. The van der Waals surface area contributed by atoms with Gasteiger partial charge in [-0.15, -0.1) is 0 Å². The minimum absolute atomic E-state index is 0.0760. The molecule has 8 nitrogen and oxygen atoms in total. The lowest BCUT2D eigenvalue weighted by molar-refractivity contribution is -0.384. The number of nitrogens with zero attached hydrogens (tertiary/aromatic N) is 3. The number of hydrogen-bond acceptors (Lipinski definition) is 5. The van der Waals surface area contributed by atoms with Crippen molar-refractivity contribution < 1.29 is 14.1 Å². The maximum Gasteiger partial charge on any atom is 0.269 e. The first-order valence-electron chi connectivity index (χ1n) is 10.2. The van der Waals surface area contributed by atoms with Crippen LogP contribution in [0.5, 0.6) is 0 Å². The first-order valence-corrected chi connectivity index (χ1v) is 10.2. The third-order valence-corrected chi connectivity index (χ3v) is 5.57. The summed E-state index contributed by atoms with van der Waals surface area (Å²) in [5.41, 5.74) is 3.36. The maximum atomic E-state index is 13.5. The van der Waals surface area contributed by atoms with E-state index in [2.05, 4.69) is 15.6 Å². The Morgan fingerprint density at radius 1 is 1.12 bits per heavy atom. The summed E-state index contributed by atoms with van der Waals surface area (Å²) in [4.78, 5) is 29.1. The van der Waals surface area contributed by atoms with Crippen molar-refractivity contribution in [2.75, 3.05) is 10.6 Å². The van der Waals surface area contributed by atoms with Gasteiger partial charge in [-0.1, -0.05) is 24.3 Å². The van der Waals surface area contributed by atoms with Gasteiger partial charge in [0.25, 0.3) is 11.6 Å². The summed E-state index contributed by atoms with van der Waals surface area (Å²) < 4.78 is 15.2. The number of non-ortho nitro benzene ring substituents is 1. The molecule has 4 aromatic rings. The van der Waals surface area contributed by atoms with Gasteiger partial charge in [-0.3, -0.25) is 19.5 Å². The van der Waals surface area contributed by atoms with Crippen molar-refractivity contribution in [1.82, 2.24) is 9.55 Å². The monoisotopic (exact) mass is 443 g/mol. The molecule has 5 rings (SSSR count). The number of aromatic nitrogens is 2. The van der Waals surface area contributed by atoms with Gasteiger partial charge in [-0.25, -0.2) is 9.37 Å². The number of nitro benzene ring substituents is 1. The number of carbonyl (C=O) groups excluding carboxylic acids is 1. The molecule has 164 valence electrons. The Kier molecular flexibility index (Phi) is 4.86. The van der Waals surface area contributed by atoms with Crippen LogP contribution in [0.15, 0.2) is 84.1 Å². The predicted molar refractivity (Wildman–Crippen MR) is 122 cm³/mol. The Hall–Kier alpha value is -4.53. The Labute approximate surface area is 187 Å². The Bertz CT molecular complexity index is 1440. The summed E-state index contributed by atoms with van der Waals surface area (Å²) in [6.45, 7) is 1.76. The normalized spacial score (nSPS) is 15.2. The largest absolute Gasteiger partial charge is 0.329 e. The molecule has 0 saturated carbocycles. The van der Waals surface area contributed by atoms with Gasteiger partial charge < -0.3 is 10.6 Å². The maximum absolute atomic E-state index is 13.5. The number of benzene rings is 3. The van der Waals surface area contributed by atoms with Crippen LogP contribution in [-0.2, 0) is 4.79 Å². The molecule has 0 bridgehead atoms. The highest BCUT2D eigenvalue weighted by molar-refractivity contribution is 6.06.